The maximum absolute atomic E-state index is 7.11. The molecule has 0 bridgehead atoms. The Kier molecular flexibility index (Phi) is 5.47. The molecule has 0 unspecified atom stereocenters. The van der Waals surface area contributed by atoms with Gasteiger partial charge in [0.05, 0.1) is 13.2 Å². The number of imidazole rings is 1. The minimum Gasteiger partial charge on any atom is -0.475 e. The van der Waals surface area contributed by atoms with Crippen LogP contribution in [0.5, 0.6) is 5.88 Å². The molecule has 0 radical (unpaired) electrons. The number of hydrogen-bond donors (Lipinski definition) is 0. The van der Waals surface area contributed by atoms with Crippen molar-refractivity contribution in [1.82, 2.24) is 19.3 Å². The fourth-order valence-electron chi connectivity index (χ4n) is 3.68. The molecule has 0 N–H and O–H groups in total. The molecule has 0 saturated carbocycles. The summed E-state index contributed by atoms with van der Waals surface area (Å²) in [5, 5.41) is 0.477. The van der Waals surface area contributed by atoms with Gasteiger partial charge in [0.25, 0.3) is 5.88 Å². The molecule has 0 aliphatic carbocycles. The van der Waals surface area contributed by atoms with Gasteiger partial charge in [-0.1, -0.05) is 42.8 Å². The van der Waals surface area contributed by atoms with Crippen LogP contribution in [0.4, 0.5) is 5.69 Å². The summed E-state index contributed by atoms with van der Waals surface area (Å²) in [5.41, 5.74) is 2.66. The molecule has 144 valence electrons. The van der Waals surface area contributed by atoms with Gasteiger partial charge in [-0.15, -0.1) is 0 Å². The molecule has 1 aliphatic heterocycles. The van der Waals surface area contributed by atoms with Gasteiger partial charge in [0, 0.05) is 30.4 Å². The van der Waals surface area contributed by atoms with Crippen LogP contribution in [0.3, 0.4) is 0 Å². The second-order valence-electron chi connectivity index (χ2n) is 7.05. The molecule has 4 rings (SSSR count). The SMILES string of the molecule is [C-]#[N+]c1ccc(-c2nc(OC[C@@H]3CCCN(CC)C3)c3nccn3c2Cl)cc1. The zero-order valence-corrected chi connectivity index (χ0v) is 16.6. The summed E-state index contributed by atoms with van der Waals surface area (Å²) in [6.07, 6.45) is 5.87. The van der Waals surface area contributed by atoms with Crippen molar-refractivity contribution < 1.29 is 4.74 Å². The van der Waals surface area contributed by atoms with Crippen molar-refractivity contribution in [2.75, 3.05) is 26.2 Å². The smallest absolute Gasteiger partial charge is 0.259 e. The van der Waals surface area contributed by atoms with Gasteiger partial charge >= 0.3 is 0 Å². The van der Waals surface area contributed by atoms with E-state index in [0.717, 1.165) is 18.7 Å². The fourth-order valence-corrected chi connectivity index (χ4v) is 3.97. The van der Waals surface area contributed by atoms with Crippen LogP contribution in [0.2, 0.25) is 5.15 Å². The molecule has 3 aromatic rings. The highest BCUT2D eigenvalue weighted by molar-refractivity contribution is 6.32. The quantitative estimate of drug-likeness (QED) is 0.587. The van der Waals surface area contributed by atoms with Crippen LogP contribution in [0, 0.1) is 12.5 Å². The minimum absolute atomic E-state index is 0.477. The maximum Gasteiger partial charge on any atom is 0.259 e. The first-order valence-electron chi connectivity index (χ1n) is 9.55. The van der Waals surface area contributed by atoms with Crippen LogP contribution in [0.1, 0.15) is 19.8 Å². The van der Waals surface area contributed by atoms with E-state index in [2.05, 4.69) is 21.7 Å². The summed E-state index contributed by atoms with van der Waals surface area (Å²) in [6, 6.07) is 7.24. The zero-order valence-electron chi connectivity index (χ0n) is 15.8. The topological polar surface area (TPSA) is 47.0 Å². The summed E-state index contributed by atoms with van der Waals surface area (Å²) in [5.74, 6) is 0.981. The van der Waals surface area contributed by atoms with E-state index in [1.54, 1.807) is 22.7 Å². The number of piperidine rings is 1. The van der Waals surface area contributed by atoms with Crippen LogP contribution in [-0.2, 0) is 0 Å². The number of rotatable bonds is 5. The molecule has 7 heteroatoms. The Labute approximate surface area is 169 Å². The molecule has 0 spiro atoms. The Hall–Kier alpha value is -2.62. The third-order valence-electron chi connectivity index (χ3n) is 5.23. The Balaban J connectivity index is 1.63. The average molecular weight is 396 g/mol. The van der Waals surface area contributed by atoms with E-state index in [0.29, 0.717) is 40.6 Å². The standard InChI is InChI=1S/C21H22ClN5O/c1-3-26-11-4-5-15(13-26)14-28-21-20-24-10-12-27(20)19(22)18(25-21)16-6-8-17(23-2)9-7-16/h6-10,12,15H,3-5,11,13-14H2,1H3/t15-/m1/s1. The minimum atomic E-state index is 0.477. The molecule has 0 amide bonds. The number of benzene rings is 1. The third kappa shape index (κ3) is 3.68. The van der Waals surface area contributed by atoms with Crippen LogP contribution >= 0.6 is 11.6 Å². The van der Waals surface area contributed by atoms with Gasteiger partial charge in [0.1, 0.15) is 10.8 Å². The molecule has 6 nitrogen and oxygen atoms in total. The van der Waals surface area contributed by atoms with Crippen molar-refractivity contribution in [3.8, 4) is 17.1 Å². The summed E-state index contributed by atoms with van der Waals surface area (Å²) >= 11 is 6.59. The molecular formula is C21H22ClN5O. The highest BCUT2D eigenvalue weighted by Crippen LogP contribution is 2.32. The van der Waals surface area contributed by atoms with E-state index in [-0.39, 0.29) is 0 Å². The Bertz CT molecular complexity index is 1010. The Morgan fingerprint density at radius 2 is 2.14 bits per heavy atom. The number of fused-ring (bicyclic) bond motifs is 1. The van der Waals surface area contributed by atoms with Crippen LogP contribution in [0.25, 0.3) is 21.7 Å². The number of aromatic nitrogens is 3. The summed E-state index contributed by atoms with van der Waals surface area (Å²) in [4.78, 5) is 15.0. The number of likely N-dealkylation sites (tertiary alicyclic amines) is 1. The monoisotopic (exact) mass is 395 g/mol. The molecule has 1 saturated heterocycles. The lowest BCUT2D eigenvalue weighted by Gasteiger charge is -2.31. The van der Waals surface area contributed by atoms with Crippen LogP contribution in [0.15, 0.2) is 36.7 Å². The first-order chi connectivity index (χ1) is 13.7. The van der Waals surface area contributed by atoms with Gasteiger partial charge in [-0.05, 0) is 25.9 Å². The van der Waals surface area contributed by atoms with Gasteiger partial charge < -0.3 is 9.64 Å². The first kappa shape index (κ1) is 18.7. The molecule has 3 heterocycles. The van der Waals surface area contributed by atoms with Gasteiger partial charge in [-0.2, -0.15) is 0 Å². The van der Waals surface area contributed by atoms with Crippen molar-refractivity contribution in [3.63, 3.8) is 0 Å². The van der Waals surface area contributed by atoms with Gasteiger partial charge in [-0.3, -0.25) is 4.40 Å². The van der Waals surface area contributed by atoms with Gasteiger partial charge in [0.2, 0.25) is 5.65 Å². The summed E-state index contributed by atoms with van der Waals surface area (Å²) < 4.78 is 7.94. The molecule has 28 heavy (non-hydrogen) atoms. The van der Waals surface area contributed by atoms with E-state index in [1.165, 1.54) is 19.4 Å². The second kappa shape index (κ2) is 8.17. The normalized spacial score (nSPS) is 17.5. The third-order valence-corrected chi connectivity index (χ3v) is 5.59. The highest BCUT2D eigenvalue weighted by atomic mass is 35.5. The number of ether oxygens (including phenoxy) is 1. The van der Waals surface area contributed by atoms with Crippen LogP contribution < -0.4 is 4.74 Å². The molecule has 2 aromatic heterocycles. The molecule has 1 aliphatic rings. The predicted octanol–water partition coefficient (Wildman–Crippen LogP) is 4.71. The van der Waals surface area contributed by atoms with Crippen molar-refractivity contribution in [2.24, 2.45) is 5.92 Å². The fraction of sp³-hybridized carbons (Fsp3) is 0.381. The summed E-state index contributed by atoms with van der Waals surface area (Å²) in [6.45, 7) is 13.2. The van der Waals surface area contributed by atoms with Crippen molar-refractivity contribution in [2.45, 2.75) is 19.8 Å². The van der Waals surface area contributed by atoms with Crippen LogP contribution in [-0.4, -0.2) is 45.5 Å². The Morgan fingerprint density at radius 3 is 2.89 bits per heavy atom. The lowest BCUT2D eigenvalue weighted by Crippen LogP contribution is -2.37. The van der Waals surface area contributed by atoms with E-state index in [1.807, 2.05) is 18.3 Å². The highest BCUT2D eigenvalue weighted by Gasteiger charge is 2.21. The average Bonchev–Trinajstić information content (AvgIpc) is 3.24. The van der Waals surface area contributed by atoms with E-state index in [4.69, 9.17) is 27.9 Å². The second-order valence-corrected chi connectivity index (χ2v) is 7.41. The molecule has 1 aromatic carbocycles. The Morgan fingerprint density at radius 1 is 1.32 bits per heavy atom. The zero-order chi connectivity index (χ0) is 19.5. The lowest BCUT2D eigenvalue weighted by atomic mass is 9.99. The van der Waals surface area contributed by atoms with Gasteiger partial charge in [-0.25, -0.2) is 14.8 Å². The van der Waals surface area contributed by atoms with Crippen molar-refractivity contribution in [1.29, 1.82) is 0 Å². The predicted molar refractivity (Wildman–Crippen MR) is 110 cm³/mol. The molecule has 1 atom stereocenters. The number of halogens is 1. The first-order valence-corrected chi connectivity index (χ1v) is 9.93. The summed E-state index contributed by atoms with van der Waals surface area (Å²) in [7, 11) is 0. The largest absolute Gasteiger partial charge is 0.475 e. The van der Waals surface area contributed by atoms with Crippen molar-refractivity contribution >= 4 is 22.9 Å². The molecule has 1 fully saturated rings. The van der Waals surface area contributed by atoms with Crippen molar-refractivity contribution in [3.05, 3.63) is 53.2 Å². The van der Waals surface area contributed by atoms with E-state index in [9.17, 15) is 0 Å². The maximum atomic E-state index is 7.11. The van der Waals surface area contributed by atoms with Gasteiger partial charge in [0.15, 0.2) is 5.69 Å². The number of hydrogen-bond acceptors (Lipinski definition) is 4. The van der Waals surface area contributed by atoms with E-state index >= 15 is 0 Å². The lowest BCUT2D eigenvalue weighted by molar-refractivity contribution is 0.133. The molecular weight excluding hydrogens is 374 g/mol. The van der Waals surface area contributed by atoms with E-state index < -0.39 is 0 Å². The number of nitrogens with zero attached hydrogens (tertiary/aromatic N) is 5.